The van der Waals surface area contributed by atoms with E-state index < -0.39 is 0 Å². The molecule has 1 unspecified atom stereocenters. The van der Waals surface area contributed by atoms with E-state index in [0.717, 1.165) is 16.8 Å². The fourth-order valence-corrected chi connectivity index (χ4v) is 2.93. The van der Waals surface area contributed by atoms with E-state index in [9.17, 15) is 0 Å². The molecule has 3 nitrogen and oxygen atoms in total. The Balaban J connectivity index is 2.38. The van der Waals surface area contributed by atoms with Gasteiger partial charge in [0.25, 0.3) is 0 Å². The van der Waals surface area contributed by atoms with Gasteiger partial charge in [-0.3, -0.25) is 5.41 Å². The number of anilines is 1. The SMILES string of the molecule is Cc1ccc(N(C)C(C)c2cccs2)c(C(=N)N)c1. The average Bonchev–Trinajstić information content (AvgIpc) is 2.90. The van der Waals surface area contributed by atoms with Crippen LogP contribution in [-0.4, -0.2) is 12.9 Å². The van der Waals surface area contributed by atoms with E-state index in [4.69, 9.17) is 11.1 Å². The largest absolute Gasteiger partial charge is 0.384 e. The maximum absolute atomic E-state index is 7.74. The van der Waals surface area contributed by atoms with Crippen molar-refractivity contribution in [3.05, 3.63) is 51.7 Å². The monoisotopic (exact) mass is 273 g/mol. The Labute approximate surface area is 118 Å². The van der Waals surface area contributed by atoms with Crippen LogP contribution in [0.2, 0.25) is 0 Å². The number of nitrogens with one attached hydrogen (secondary N) is 1. The zero-order valence-corrected chi connectivity index (χ0v) is 12.3. The molecule has 2 rings (SSSR count). The summed E-state index contributed by atoms with van der Waals surface area (Å²) < 4.78 is 0. The Morgan fingerprint density at radius 1 is 1.37 bits per heavy atom. The third-order valence-corrected chi connectivity index (χ3v) is 4.40. The van der Waals surface area contributed by atoms with Crippen molar-refractivity contribution < 1.29 is 0 Å². The Hall–Kier alpha value is -1.81. The van der Waals surface area contributed by atoms with Crippen molar-refractivity contribution in [3.8, 4) is 0 Å². The van der Waals surface area contributed by atoms with Crippen LogP contribution in [0.5, 0.6) is 0 Å². The average molecular weight is 273 g/mol. The van der Waals surface area contributed by atoms with Crippen LogP contribution in [0.15, 0.2) is 35.7 Å². The predicted octanol–water partition coefficient (Wildman–Crippen LogP) is 3.54. The summed E-state index contributed by atoms with van der Waals surface area (Å²) in [6.45, 7) is 4.18. The maximum atomic E-state index is 7.74. The van der Waals surface area contributed by atoms with Gasteiger partial charge in [-0.25, -0.2) is 0 Å². The summed E-state index contributed by atoms with van der Waals surface area (Å²) in [5.74, 6) is 0.115. The number of nitrogen functional groups attached to an aromatic ring is 1. The van der Waals surface area contributed by atoms with E-state index in [1.165, 1.54) is 4.88 Å². The summed E-state index contributed by atoms with van der Waals surface area (Å²) >= 11 is 1.74. The van der Waals surface area contributed by atoms with Crippen LogP contribution in [0.1, 0.15) is 29.0 Å². The fourth-order valence-electron chi connectivity index (χ4n) is 2.10. The minimum Gasteiger partial charge on any atom is -0.384 e. The van der Waals surface area contributed by atoms with E-state index in [1.807, 2.05) is 26.1 Å². The molecule has 0 aliphatic carbocycles. The highest BCUT2D eigenvalue weighted by Crippen LogP contribution is 2.30. The van der Waals surface area contributed by atoms with Gasteiger partial charge in [0, 0.05) is 23.2 Å². The number of nitrogens with two attached hydrogens (primary N) is 1. The van der Waals surface area contributed by atoms with E-state index in [0.29, 0.717) is 0 Å². The molecule has 0 aliphatic rings. The summed E-state index contributed by atoms with van der Waals surface area (Å²) in [5.41, 5.74) is 8.61. The van der Waals surface area contributed by atoms with Crippen LogP contribution in [0.4, 0.5) is 5.69 Å². The van der Waals surface area contributed by atoms with E-state index >= 15 is 0 Å². The summed E-state index contributed by atoms with van der Waals surface area (Å²) in [6, 6.07) is 10.5. The zero-order valence-electron chi connectivity index (χ0n) is 11.5. The van der Waals surface area contributed by atoms with Crippen molar-refractivity contribution in [2.45, 2.75) is 19.9 Å². The third kappa shape index (κ3) is 2.79. The van der Waals surface area contributed by atoms with Crippen LogP contribution in [0.25, 0.3) is 0 Å². The summed E-state index contributed by atoms with van der Waals surface area (Å²) in [7, 11) is 2.04. The van der Waals surface area contributed by atoms with Gasteiger partial charge >= 0.3 is 0 Å². The van der Waals surface area contributed by atoms with Gasteiger partial charge < -0.3 is 10.6 Å². The first-order valence-corrected chi connectivity index (χ1v) is 7.10. The third-order valence-electron chi connectivity index (χ3n) is 3.36. The summed E-state index contributed by atoms with van der Waals surface area (Å²) in [5, 5.41) is 9.82. The molecule has 0 fully saturated rings. The lowest BCUT2D eigenvalue weighted by atomic mass is 10.1. The standard InChI is InChI=1S/C15H19N3S/c1-10-6-7-13(12(9-10)15(16)17)18(3)11(2)14-5-4-8-19-14/h4-9,11H,1-3H3,(H3,16,17). The molecule has 0 saturated heterocycles. The van der Waals surface area contributed by atoms with Gasteiger partial charge in [-0.05, 0) is 37.4 Å². The van der Waals surface area contributed by atoms with E-state index in [1.54, 1.807) is 11.3 Å². The molecule has 0 aliphatic heterocycles. The predicted molar refractivity (Wildman–Crippen MR) is 83.3 cm³/mol. The quantitative estimate of drug-likeness (QED) is 0.661. The molecule has 3 N–H and O–H groups in total. The summed E-state index contributed by atoms with van der Waals surface area (Å²) in [4.78, 5) is 3.47. The van der Waals surface area contributed by atoms with Gasteiger partial charge in [0.1, 0.15) is 5.84 Å². The summed E-state index contributed by atoms with van der Waals surface area (Å²) in [6.07, 6.45) is 0. The van der Waals surface area contributed by atoms with Crippen molar-refractivity contribution in [1.29, 1.82) is 5.41 Å². The van der Waals surface area contributed by atoms with Gasteiger partial charge in [0.15, 0.2) is 0 Å². The zero-order chi connectivity index (χ0) is 14.0. The Bertz CT molecular complexity index is 575. The second kappa shape index (κ2) is 5.45. The Morgan fingerprint density at radius 3 is 2.68 bits per heavy atom. The number of nitrogens with zero attached hydrogens (tertiary/aromatic N) is 1. The van der Waals surface area contributed by atoms with Crippen LogP contribution in [0, 0.1) is 12.3 Å². The number of aryl methyl sites for hydroxylation is 1. The van der Waals surface area contributed by atoms with Crippen molar-refractivity contribution >= 4 is 22.9 Å². The number of hydrogen-bond acceptors (Lipinski definition) is 3. The maximum Gasteiger partial charge on any atom is 0.124 e. The van der Waals surface area contributed by atoms with Crippen molar-refractivity contribution in [2.24, 2.45) is 5.73 Å². The molecule has 0 bridgehead atoms. The van der Waals surface area contributed by atoms with Crippen LogP contribution in [-0.2, 0) is 0 Å². The molecule has 0 radical (unpaired) electrons. The fraction of sp³-hybridized carbons (Fsp3) is 0.267. The van der Waals surface area contributed by atoms with Crippen LogP contribution < -0.4 is 10.6 Å². The molecule has 1 heterocycles. The molecule has 1 aromatic carbocycles. The molecule has 19 heavy (non-hydrogen) atoms. The molecular weight excluding hydrogens is 254 g/mol. The van der Waals surface area contributed by atoms with Gasteiger partial charge in [-0.1, -0.05) is 17.7 Å². The highest BCUT2D eigenvalue weighted by Gasteiger charge is 2.17. The minimum atomic E-state index is 0.115. The highest BCUT2D eigenvalue weighted by atomic mass is 32.1. The Kier molecular flexibility index (Phi) is 3.90. The topological polar surface area (TPSA) is 53.1 Å². The van der Waals surface area contributed by atoms with E-state index in [2.05, 4.69) is 35.4 Å². The first-order chi connectivity index (χ1) is 9.00. The lowest BCUT2D eigenvalue weighted by molar-refractivity contribution is 0.753. The Morgan fingerprint density at radius 2 is 2.11 bits per heavy atom. The van der Waals surface area contributed by atoms with Crippen molar-refractivity contribution in [2.75, 3.05) is 11.9 Å². The van der Waals surface area contributed by atoms with E-state index in [-0.39, 0.29) is 11.9 Å². The molecule has 0 spiro atoms. The van der Waals surface area contributed by atoms with Crippen LogP contribution in [0.3, 0.4) is 0 Å². The normalized spacial score (nSPS) is 12.2. The van der Waals surface area contributed by atoms with Gasteiger partial charge in [0.05, 0.1) is 6.04 Å². The van der Waals surface area contributed by atoms with Gasteiger partial charge in [0.2, 0.25) is 0 Å². The molecule has 4 heteroatoms. The molecule has 1 aromatic heterocycles. The number of amidine groups is 1. The minimum absolute atomic E-state index is 0.115. The lowest BCUT2D eigenvalue weighted by Gasteiger charge is -2.28. The first-order valence-electron chi connectivity index (χ1n) is 6.22. The number of benzene rings is 1. The lowest BCUT2D eigenvalue weighted by Crippen LogP contribution is -2.25. The second-order valence-corrected chi connectivity index (χ2v) is 5.72. The molecular formula is C15H19N3S. The molecule has 0 saturated carbocycles. The van der Waals surface area contributed by atoms with Gasteiger partial charge in [-0.2, -0.15) is 0 Å². The number of thiophene rings is 1. The number of hydrogen-bond donors (Lipinski definition) is 2. The van der Waals surface area contributed by atoms with Gasteiger partial charge in [-0.15, -0.1) is 11.3 Å². The van der Waals surface area contributed by atoms with Crippen molar-refractivity contribution in [3.63, 3.8) is 0 Å². The molecule has 1 atom stereocenters. The highest BCUT2D eigenvalue weighted by molar-refractivity contribution is 7.10. The molecule has 100 valence electrons. The molecule has 2 aromatic rings. The smallest absolute Gasteiger partial charge is 0.124 e. The van der Waals surface area contributed by atoms with Crippen molar-refractivity contribution in [1.82, 2.24) is 0 Å². The molecule has 0 amide bonds. The first kappa shape index (κ1) is 13.6. The number of rotatable bonds is 4. The second-order valence-electron chi connectivity index (χ2n) is 4.74. The van der Waals surface area contributed by atoms with Crippen LogP contribution >= 0.6 is 11.3 Å².